The average Bonchev–Trinajstić information content (AvgIpc) is 2.80. The second kappa shape index (κ2) is 10.6. The monoisotopic (exact) mass is 441 g/mol. The molecule has 2 aromatic rings. The minimum Gasteiger partial charge on any atom is -0.372 e. The normalized spacial score (nSPS) is 15.8. The van der Waals surface area contributed by atoms with Crippen LogP contribution in [-0.2, 0) is 14.8 Å². The fourth-order valence-electron chi connectivity index (χ4n) is 3.78. The van der Waals surface area contributed by atoms with E-state index < -0.39 is 10.0 Å². The summed E-state index contributed by atoms with van der Waals surface area (Å²) in [5.41, 5.74) is 2.74. The van der Waals surface area contributed by atoms with E-state index >= 15 is 0 Å². The van der Waals surface area contributed by atoms with E-state index in [1.807, 2.05) is 54.6 Å². The summed E-state index contributed by atoms with van der Waals surface area (Å²) < 4.78 is 26.6. The van der Waals surface area contributed by atoms with E-state index in [-0.39, 0.29) is 11.8 Å². The Bertz CT molecular complexity index is 976. The Morgan fingerprint density at radius 2 is 1.65 bits per heavy atom. The molecule has 166 valence electrons. The molecule has 6 nitrogen and oxygen atoms in total. The highest BCUT2D eigenvalue weighted by atomic mass is 32.2. The van der Waals surface area contributed by atoms with E-state index in [9.17, 15) is 13.2 Å². The summed E-state index contributed by atoms with van der Waals surface area (Å²) in [5.74, 6) is -0.237. The topological polar surface area (TPSA) is 69.7 Å². The Hall–Kier alpha value is -2.64. The number of sulfonamides is 1. The van der Waals surface area contributed by atoms with Gasteiger partial charge in [-0.25, -0.2) is 8.42 Å². The maximum Gasteiger partial charge on any atom is 0.236 e. The highest BCUT2D eigenvalue weighted by Crippen LogP contribution is 2.23. The molecule has 1 amide bonds. The van der Waals surface area contributed by atoms with Gasteiger partial charge in [0.1, 0.15) is 0 Å². The number of hydrogen-bond donors (Lipinski definition) is 1. The molecule has 1 aliphatic heterocycles. The zero-order chi connectivity index (χ0) is 22.3. The highest BCUT2D eigenvalue weighted by molar-refractivity contribution is 7.92. The molecular weight excluding hydrogens is 410 g/mol. The van der Waals surface area contributed by atoms with Crippen LogP contribution in [0.1, 0.15) is 32.3 Å². The molecule has 1 heterocycles. The Balaban J connectivity index is 1.53. The molecule has 1 saturated heterocycles. The van der Waals surface area contributed by atoms with Crippen molar-refractivity contribution < 1.29 is 13.2 Å². The van der Waals surface area contributed by atoms with Crippen molar-refractivity contribution in [1.82, 2.24) is 4.31 Å². The van der Waals surface area contributed by atoms with Gasteiger partial charge in [-0.1, -0.05) is 30.3 Å². The van der Waals surface area contributed by atoms with Crippen molar-refractivity contribution >= 4 is 33.4 Å². The minimum atomic E-state index is -3.49. The van der Waals surface area contributed by atoms with Gasteiger partial charge in [0.2, 0.25) is 15.9 Å². The molecule has 1 aliphatic rings. The zero-order valence-electron chi connectivity index (χ0n) is 18.2. The summed E-state index contributed by atoms with van der Waals surface area (Å²) >= 11 is 0. The molecule has 2 aromatic carbocycles. The van der Waals surface area contributed by atoms with Crippen LogP contribution in [0.3, 0.4) is 0 Å². The van der Waals surface area contributed by atoms with E-state index in [0.717, 1.165) is 30.0 Å². The minimum absolute atomic E-state index is 0.0486. The van der Waals surface area contributed by atoms with Gasteiger partial charge in [-0.2, -0.15) is 4.31 Å². The molecule has 0 atom stereocenters. The number of amides is 1. The summed E-state index contributed by atoms with van der Waals surface area (Å²) in [6.07, 6.45) is 2.64. The smallest absolute Gasteiger partial charge is 0.236 e. The first-order chi connectivity index (χ1) is 14.9. The number of nitrogens with one attached hydrogen (secondary N) is 1. The molecule has 0 unspecified atom stereocenters. The fraction of sp³-hybridized carbons (Fsp3) is 0.375. The standard InChI is InChI=1S/C24H31N3O3S/c1-3-26(4-2)23-12-10-22(11-13-23)25-24(28)21-14-17-27(18-15-21)31(29,30)19-16-20-8-6-5-7-9-20/h5-13,16,19,21H,3-4,14-15,17-18H2,1-2H3,(H,25,28)/b19-16+. The SMILES string of the molecule is CCN(CC)c1ccc(NC(=O)C2CCN(S(=O)(=O)/C=C/c3ccccc3)CC2)cc1. The third-order valence-corrected chi connectivity index (χ3v) is 7.25. The lowest BCUT2D eigenvalue weighted by atomic mass is 9.97. The first-order valence-corrected chi connectivity index (χ1v) is 12.3. The van der Waals surface area contributed by atoms with Crippen LogP contribution in [0, 0.1) is 5.92 Å². The van der Waals surface area contributed by atoms with E-state index in [0.29, 0.717) is 25.9 Å². The van der Waals surface area contributed by atoms with Crippen LogP contribution in [0.2, 0.25) is 0 Å². The molecule has 0 saturated carbocycles. The molecule has 0 aromatic heterocycles. The Kier molecular flexibility index (Phi) is 7.87. The Morgan fingerprint density at radius 3 is 2.23 bits per heavy atom. The van der Waals surface area contributed by atoms with E-state index in [1.165, 1.54) is 9.71 Å². The molecule has 0 spiro atoms. The summed E-state index contributed by atoms with van der Waals surface area (Å²) in [6.45, 7) is 6.79. The highest BCUT2D eigenvalue weighted by Gasteiger charge is 2.30. The number of carbonyl (C=O) groups excluding carboxylic acids is 1. The number of benzene rings is 2. The number of piperidine rings is 1. The quantitative estimate of drug-likeness (QED) is 0.667. The van der Waals surface area contributed by atoms with Crippen molar-refractivity contribution in [3.05, 3.63) is 65.6 Å². The molecule has 0 radical (unpaired) electrons. The van der Waals surface area contributed by atoms with E-state index in [2.05, 4.69) is 24.1 Å². The van der Waals surface area contributed by atoms with Crippen molar-refractivity contribution in [3.8, 4) is 0 Å². The van der Waals surface area contributed by atoms with Crippen LogP contribution in [0.4, 0.5) is 11.4 Å². The predicted molar refractivity (Wildman–Crippen MR) is 127 cm³/mol. The van der Waals surface area contributed by atoms with Gasteiger partial charge >= 0.3 is 0 Å². The number of nitrogens with zero attached hydrogens (tertiary/aromatic N) is 2. The van der Waals surface area contributed by atoms with E-state index in [1.54, 1.807) is 6.08 Å². The van der Waals surface area contributed by atoms with Crippen LogP contribution in [0.25, 0.3) is 6.08 Å². The molecule has 3 rings (SSSR count). The Morgan fingerprint density at radius 1 is 1.03 bits per heavy atom. The lowest BCUT2D eigenvalue weighted by molar-refractivity contribution is -0.120. The van der Waals surface area contributed by atoms with Gasteiger partial charge < -0.3 is 10.2 Å². The summed E-state index contributed by atoms with van der Waals surface area (Å²) in [5, 5.41) is 4.22. The number of rotatable bonds is 8. The molecule has 7 heteroatoms. The largest absolute Gasteiger partial charge is 0.372 e. The molecule has 0 aliphatic carbocycles. The van der Waals surface area contributed by atoms with Crippen LogP contribution in [0.5, 0.6) is 0 Å². The number of carbonyl (C=O) groups is 1. The number of hydrogen-bond acceptors (Lipinski definition) is 4. The van der Waals surface area contributed by atoms with Gasteiger partial charge in [-0.05, 0) is 62.6 Å². The van der Waals surface area contributed by atoms with Crippen LogP contribution >= 0.6 is 0 Å². The van der Waals surface area contributed by atoms with E-state index in [4.69, 9.17) is 0 Å². The summed E-state index contributed by atoms with van der Waals surface area (Å²) in [7, 11) is -3.49. The van der Waals surface area contributed by atoms with Crippen LogP contribution in [0.15, 0.2) is 60.0 Å². The lowest BCUT2D eigenvalue weighted by Crippen LogP contribution is -2.40. The molecular formula is C24H31N3O3S. The second-order valence-corrected chi connectivity index (χ2v) is 9.46. The molecule has 1 N–H and O–H groups in total. The van der Waals surface area contributed by atoms with Gasteiger partial charge in [0.15, 0.2) is 0 Å². The zero-order valence-corrected chi connectivity index (χ0v) is 19.0. The van der Waals surface area contributed by atoms with Gasteiger partial charge in [0.05, 0.1) is 0 Å². The lowest BCUT2D eigenvalue weighted by Gasteiger charge is -2.29. The number of anilines is 2. The predicted octanol–water partition coefficient (Wildman–Crippen LogP) is 4.18. The summed E-state index contributed by atoms with van der Waals surface area (Å²) in [6, 6.07) is 17.2. The van der Waals surface area contributed by atoms with Crippen molar-refractivity contribution in [2.45, 2.75) is 26.7 Å². The molecule has 31 heavy (non-hydrogen) atoms. The van der Waals surface area contributed by atoms with Crippen LogP contribution in [-0.4, -0.2) is 44.8 Å². The van der Waals surface area contributed by atoms with Crippen molar-refractivity contribution in [2.24, 2.45) is 5.92 Å². The van der Waals surface area contributed by atoms with Crippen molar-refractivity contribution in [3.63, 3.8) is 0 Å². The van der Waals surface area contributed by atoms with Gasteiger partial charge in [-0.3, -0.25) is 4.79 Å². The van der Waals surface area contributed by atoms with Gasteiger partial charge in [0.25, 0.3) is 0 Å². The van der Waals surface area contributed by atoms with Crippen molar-refractivity contribution in [1.29, 1.82) is 0 Å². The van der Waals surface area contributed by atoms with Gasteiger partial charge in [-0.15, -0.1) is 0 Å². The fourth-order valence-corrected chi connectivity index (χ4v) is 5.00. The average molecular weight is 442 g/mol. The maximum atomic E-state index is 12.7. The van der Waals surface area contributed by atoms with Crippen molar-refractivity contribution in [2.75, 3.05) is 36.4 Å². The van der Waals surface area contributed by atoms with Gasteiger partial charge in [0, 0.05) is 48.9 Å². The maximum absolute atomic E-state index is 12.7. The first kappa shape index (κ1) is 23.0. The third kappa shape index (κ3) is 6.18. The third-order valence-electron chi connectivity index (χ3n) is 5.68. The molecule has 1 fully saturated rings. The second-order valence-electron chi connectivity index (χ2n) is 7.64. The summed E-state index contributed by atoms with van der Waals surface area (Å²) in [4.78, 5) is 14.9. The molecule has 0 bridgehead atoms. The van der Waals surface area contributed by atoms with Crippen LogP contribution < -0.4 is 10.2 Å². The Labute approximate surface area is 185 Å². The first-order valence-electron chi connectivity index (χ1n) is 10.8.